The molecule has 1 heterocycles. The maximum absolute atomic E-state index is 12.9. The lowest BCUT2D eigenvalue weighted by Gasteiger charge is -2.15. The van der Waals surface area contributed by atoms with Crippen LogP contribution in [0.4, 0.5) is 0 Å². The Balaban J connectivity index is 2.18. The molecule has 0 atom stereocenters. The first-order valence-electron chi connectivity index (χ1n) is 8.40. The number of ether oxygens (including phenoxy) is 2. The Labute approximate surface area is 151 Å². The van der Waals surface area contributed by atoms with Crippen molar-refractivity contribution >= 4 is 16.9 Å². The summed E-state index contributed by atoms with van der Waals surface area (Å²) in [5.41, 5.74) is 2.04. The van der Waals surface area contributed by atoms with E-state index in [-0.39, 0.29) is 18.1 Å². The van der Waals surface area contributed by atoms with Crippen LogP contribution in [0.3, 0.4) is 0 Å². The van der Waals surface area contributed by atoms with Crippen LogP contribution >= 0.6 is 0 Å². The Morgan fingerprint density at radius 1 is 1.12 bits per heavy atom. The number of fused-ring (bicyclic) bond motifs is 1. The first-order chi connectivity index (χ1) is 12.5. The van der Waals surface area contributed by atoms with Crippen LogP contribution in [0.2, 0.25) is 0 Å². The number of esters is 1. The van der Waals surface area contributed by atoms with E-state index in [0.717, 1.165) is 5.56 Å². The Hall–Kier alpha value is -3.08. The molecule has 1 aromatic heterocycles. The van der Waals surface area contributed by atoms with Crippen LogP contribution in [0.25, 0.3) is 22.1 Å². The van der Waals surface area contributed by atoms with Gasteiger partial charge in [0.2, 0.25) is 5.43 Å². The zero-order valence-corrected chi connectivity index (χ0v) is 14.9. The lowest BCUT2D eigenvalue weighted by molar-refractivity contribution is -0.142. The van der Waals surface area contributed by atoms with Crippen LogP contribution in [-0.2, 0) is 16.1 Å². The molecule has 5 nitrogen and oxygen atoms in total. The fraction of sp³-hybridized carbons (Fsp3) is 0.238. The molecule has 0 saturated carbocycles. The Bertz CT molecular complexity index is 986. The number of carbonyl (C=O) groups is 1. The van der Waals surface area contributed by atoms with Crippen molar-refractivity contribution in [2.24, 2.45) is 0 Å². The summed E-state index contributed by atoms with van der Waals surface area (Å²) in [6, 6.07) is 12.7. The second-order valence-corrected chi connectivity index (χ2v) is 6.21. The molecular weight excluding hydrogens is 332 g/mol. The summed E-state index contributed by atoms with van der Waals surface area (Å²) in [5.74, 6) is 0.116. The summed E-state index contributed by atoms with van der Waals surface area (Å²) in [4.78, 5) is 24.2. The zero-order chi connectivity index (χ0) is 18.7. The van der Waals surface area contributed by atoms with Crippen molar-refractivity contribution in [1.29, 1.82) is 0 Å². The van der Waals surface area contributed by atoms with E-state index in [2.05, 4.69) is 0 Å². The summed E-state index contributed by atoms with van der Waals surface area (Å²) in [7, 11) is 0. The van der Waals surface area contributed by atoms with Crippen LogP contribution < -0.4 is 10.2 Å². The van der Waals surface area contributed by atoms with Gasteiger partial charge in [0.1, 0.15) is 24.2 Å². The number of carbonyl (C=O) groups excluding carboxylic acids is 1. The van der Waals surface area contributed by atoms with Crippen molar-refractivity contribution in [3.05, 3.63) is 64.5 Å². The van der Waals surface area contributed by atoms with Crippen molar-refractivity contribution in [3.63, 3.8) is 0 Å². The van der Waals surface area contributed by atoms with Gasteiger partial charge in [0.05, 0.1) is 22.6 Å². The molecule has 0 fully saturated rings. The summed E-state index contributed by atoms with van der Waals surface area (Å²) in [6.45, 7) is 5.10. The average Bonchev–Trinajstić information content (AvgIpc) is 2.61. The largest absolute Gasteiger partial charge is 0.490 e. The Morgan fingerprint density at radius 2 is 1.85 bits per heavy atom. The molecule has 0 aliphatic rings. The molecule has 0 aliphatic heterocycles. The highest BCUT2D eigenvalue weighted by atomic mass is 16.5. The molecule has 3 aromatic rings. The number of benzene rings is 2. The minimum Gasteiger partial charge on any atom is -0.490 e. The third-order valence-electron chi connectivity index (χ3n) is 3.87. The maximum Gasteiger partial charge on any atom is 0.302 e. The molecule has 0 spiro atoms. The molecular formula is C21H20O5. The first kappa shape index (κ1) is 17.7. The molecule has 3 rings (SSSR count). The van der Waals surface area contributed by atoms with Crippen LogP contribution in [0, 0.1) is 0 Å². The van der Waals surface area contributed by atoms with E-state index in [1.807, 2.05) is 44.2 Å². The average molecular weight is 352 g/mol. The van der Waals surface area contributed by atoms with Gasteiger partial charge in [-0.05, 0) is 31.5 Å². The van der Waals surface area contributed by atoms with Crippen molar-refractivity contribution in [2.45, 2.75) is 33.5 Å². The quantitative estimate of drug-likeness (QED) is 0.640. The molecule has 0 aliphatic carbocycles. The van der Waals surface area contributed by atoms with Gasteiger partial charge in [0, 0.05) is 6.92 Å². The second-order valence-electron chi connectivity index (χ2n) is 6.21. The molecule has 0 radical (unpaired) electrons. The molecule has 134 valence electrons. The summed E-state index contributed by atoms with van der Waals surface area (Å²) in [6.07, 6.45) is 1.37. The third kappa shape index (κ3) is 3.61. The lowest BCUT2D eigenvalue weighted by Crippen LogP contribution is -2.11. The van der Waals surface area contributed by atoms with E-state index in [1.54, 1.807) is 12.1 Å². The molecule has 26 heavy (non-hydrogen) atoms. The van der Waals surface area contributed by atoms with E-state index >= 15 is 0 Å². The molecule has 0 amide bonds. The highest BCUT2D eigenvalue weighted by molar-refractivity contribution is 5.85. The minimum atomic E-state index is -0.416. The highest BCUT2D eigenvalue weighted by Crippen LogP contribution is 2.30. The van der Waals surface area contributed by atoms with Crippen LogP contribution in [-0.4, -0.2) is 12.1 Å². The number of hydrogen-bond donors (Lipinski definition) is 0. The Morgan fingerprint density at radius 3 is 2.50 bits per heavy atom. The molecule has 0 N–H and O–H groups in total. The highest BCUT2D eigenvalue weighted by Gasteiger charge is 2.17. The van der Waals surface area contributed by atoms with Gasteiger partial charge in [-0.1, -0.05) is 30.3 Å². The summed E-state index contributed by atoms with van der Waals surface area (Å²) in [5, 5.41) is 0.421. The lowest BCUT2D eigenvalue weighted by atomic mass is 10.0. The van der Waals surface area contributed by atoms with Crippen molar-refractivity contribution in [2.75, 3.05) is 0 Å². The van der Waals surface area contributed by atoms with E-state index < -0.39 is 5.97 Å². The normalized spacial score (nSPS) is 10.9. The van der Waals surface area contributed by atoms with E-state index in [1.165, 1.54) is 13.2 Å². The van der Waals surface area contributed by atoms with Crippen molar-refractivity contribution in [3.8, 4) is 16.9 Å². The predicted octanol–water partition coefficient (Wildman–Crippen LogP) is 4.31. The predicted molar refractivity (Wildman–Crippen MR) is 99.2 cm³/mol. The van der Waals surface area contributed by atoms with Crippen LogP contribution in [0.15, 0.2) is 57.9 Å². The van der Waals surface area contributed by atoms with Gasteiger partial charge in [-0.25, -0.2) is 0 Å². The standard InChI is InChI=1S/C21H20O5/c1-13(2)26-19-10-9-16-20(23)17(15-7-5-4-6-8-15)11-25-21(16)18(19)12-24-14(3)22/h4-11,13H,12H2,1-3H3. The van der Waals surface area contributed by atoms with Crippen LogP contribution in [0.5, 0.6) is 5.75 Å². The van der Waals surface area contributed by atoms with E-state index in [0.29, 0.717) is 27.8 Å². The van der Waals surface area contributed by atoms with Gasteiger partial charge < -0.3 is 13.9 Å². The van der Waals surface area contributed by atoms with Gasteiger partial charge in [-0.3, -0.25) is 9.59 Å². The molecule has 0 bridgehead atoms. The third-order valence-corrected chi connectivity index (χ3v) is 3.87. The fourth-order valence-corrected chi connectivity index (χ4v) is 2.73. The van der Waals surface area contributed by atoms with Gasteiger partial charge in [-0.2, -0.15) is 0 Å². The van der Waals surface area contributed by atoms with Crippen molar-refractivity contribution in [1.82, 2.24) is 0 Å². The SMILES string of the molecule is CC(=O)OCc1c(OC(C)C)ccc2c(=O)c(-c3ccccc3)coc12. The number of hydrogen-bond acceptors (Lipinski definition) is 5. The Kier molecular flexibility index (Phi) is 5.07. The first-order valence-corrected chi connectivity index (χ1v) is 8.40. The topological polar surface area (TPSA) is 65.7 Å². The van der Waals surface area contributed by atoms with Gasteiger partial charge in [-0.15, -0.1) is 0 Å². The van der Waals surface area contributed by atoms with Crippen molar-refractivity contribution < 1.29 is 18.7 Å². The van der Waals surface area contributed by atoms with Gasteiger partial charge in [0.25, 0.3) is 0 Å². The molecule has 0 unspecified atom stereocenters. The molecule has 2 aromatic carbocycles. The maximum atomic E-state index is 12.9. The molecule has 0 saturated heterocycles. The van der Waals surface area contributed by atoms with E-state index in [4.69, 9.17) is 13.9 Å². The van der Waals surface area contributed by atoms with Gasteiger partial charge in [0.15, 0.2) is 0 Å². The minimum absolute atomic E-state index is 0.0254. The number of rotatable bonds is 5. The summed E-state index contributed by atoms with van der Waals surface area (Å²) >= 11 is 0. The zero-order valence-electron chi connectivity index (χ0n) is 14.9. The van der Waals surface area contributed by atoms with Crippen LogP contribution in [0.1, 0.15) is 26.3 Å². The fourth-order valence-electron chi connectivity index (χ4n) is 2.73. The van der Waals surface area contributed by atoms with Gasteiger partial charge >= 0.3 is 5.97 Å². The second kappa shape index (κ2) is 7.44. The summed E-state index contributed by atoms with van der Waals surface area (Å²) < 4.78 is 16.7. The molecule has 5 heteroatoms. The monoisotopic (exact) mass is 352 g/mol. The smallest absolute Gasteiger partial charge is 0.302 e. The van der Waals surface area contributed by atoms with E-state index in [9.17, 15) is 9.59 Å².